The number of nitrogens with one attached hydrogen (secondary N) is 1. The number of fused-ring (bicyclic) bond motifs is 1. The minimum absolute atomic E-state index is 0.0762. The summed E-state index contributed by atoms with van der Waals surface area (Å²) in [5, 5.41) is 5.41. The molecule has 2 rings (SSSR count). The van der Waals surface area contributed by atoms with Gasteiger partial charge in [0.1, 0.15) is 0 Å². The van der Waals surface area contributed by atoms with Crippen LogP contribution in [-0.2, 0) is 4.79 Å². The quantitative estimate of drug-likeness (QED) is 0.854. The molecule has 0 fully saturated rings. The van der Waals surface area contributed by atoms with Crippen molar-refractivity contribution in [2.45, 2.75) is 32.7 Å². The Balaban J connectivity index is 2.10. The summed E-state index contributed by atoms with van der Waals surface area (Å²) in [6.45, 7) is 4.65. The first kappa shape index (κ1) is 15.5. The van der Waals surface area contributed by atoms with Gasteiger partial charge in [0.2, 0.25) is 5.91 Å². The second-order valence-corrected chi connectivity index (χ2v) is 5.89. The van der Waals surface area contributed by atoms with E-state index in [2.05, 4.69) is 43.4 Å². The Labute approximate surface area is 126 Å². The molecule has 0 heterocycles. The molecule has 0 aromatic heterocycles. The van der Waals surface area contributed by atoms with Crippen LogP contribution in [0.2, 0.25) is 0 Å². The van der Waals surface area contributed by atoms with E-state index in [0.717, 1.165) is 12.0 Å². The second-order valence-electron chi connectivity index (χ2n) is 5.89. The van der Waals surface area contributed by atoms with Crippen molar-refractivity contribution in [3.8, 4) is 0 Å². The molecule has 0 aliphatic carbocycles. The van der Waals surface area contributed by atoms with E-state index in [4.69, 9.17) is 5.73 Å². The maximum absolute atomic E-state index is 12.0. The van der Waals surface area contributed by atoms with E-state index in [0.29, 0.717) is 18.9 Å². The maximum Gasteiger partial charge on any atom is 0.220 e. The lowest BCUT2D eigenvalue weighted by atomic mass is 10.0. The second kappa shape index (κ2) is 7.23. The molecule has 3 nitrogen and oxygen atoms in total. The van der Waals surface area contributed by atoms with Gasteiger partial charge in [0, 0.05) is 13.0 Å². The van der Waals surface area contributed by atoms with Crippen molar-refractivity contribution >= 4 is 16.7 Å². The minimum atomic E-state index is -0.116. The number of hydrogen-bond donors (Lipinski definition) is 2. The van der Waals surface area contributed by atoms with Gasteiger partial charge in [0.25, 0.3) is 0 Å². The van der Waals surface area contributed by atoms with Gasteiger partial charge in [-0.3, -0.25) is 4.79 Å². The van der Waals surface area contributed by atoms with Gasteiger partial charge in [0.05, 0.1) is 6.04 Å². The smallest absolute Gasteiger partial charge is 0.220 e. The molecular formula is C18H24N2O. The largest absolute Gasteiger partial charge is 0.348 e. The average Bonchev–Trinajstić information content (AvgIpc) is 2.50. The monoisotopic (exact) mass is 284 g/mol. The highest BCUT2D eigenvalue weighted by atomic mass is 16.1. The number of carbonyl (C=O) groups excluding carboxylic acids is 1. The molecule has 1 atom stereocenters. The van der Waals surface area contributed by atoms with Crippen LogP contribution in [0.5, 0.6) is 0 Å². The lowest BCUT2D eigenvalue weighted by Gasteiger charge is -2.18. The van der Waals surface area contributed by atoms with Crippen molar-refractivity contribution in [3.63, 3.8) is 0 Å². The van der Waals surface area contributed by atoms with Gasteiger partial charge < -0.3 is 11.1 Å². The molecule has 3 N–H and O–H groups in total. The zero-order valence-electron chi connectivity index (χ0n) is 12.8. The number of carbonyl (C=O) groups is 1. The third-order valence-electron chi connectivity index (χ3n) is 3.70. The standard InChI is InChI=1S/C18H24N2O/c1-13(2)7-10-18(21)20-17(12-19)16-9-8-14-5-3-4-6-15(14)11-16/h3-6,8-9,11,13,17H,7,10,12,19H2,1-2H3,(H,20,21). The summed E-state index contributed by atoms with van der Waals surface area (Å²) in [5.41, 5.74) is 6.90. The highest BCUT2D eigenvalue weighted by molar-refractivity contribution is 5.83. The van der Waals surface area contributed by atoms with Gasteiger partial charge in [-0.15, -0.1) is 0 Å². The molecule has 0 aliphatic heterocycles. The number of hydrogen-bond acceptors (Lipinski definition) is 2. The van der Waals surface area contributed by atoms with Crippen LogP contribution >= 0.6 is 0 Å². The normalized spacial score (nSPS) is 12.6. The highest BCUT2D eigenvalue weighted by Crippen LogP contribution is 2.20. The summed E-state index contributed by atoms with van der Waals surface area (Å²) in [6.07, 6.45) is 1.46. The Bertz CT molecular complexity index is 607. The molecule has 1 unspecified atom stereocenters. The highest BCUT2D eigenvalue weighted by Gasteiger charge is 2.13. The molecule has 112 valence electrons. The molecular weight excluding hydrogens is 260 g/mol. The molecule has 0 spiro atoms. The first-order valence-electron chi connectivity index (χ1n) is 7.58. The van der Waals surface area contributed by atoms with E-state index in [1.165, 1.54) is 10.8 Å². The first-order chi connectivity index (χ1) is 10.1. The average molecular weight is 284 g/mol. The van der Waals surface area contributed by atoms with Crippen LogP contribution in [0.3, 0.4) is 0 Å². The molecule has 2 aromatic rings. The fourth-order valence-electron chi connectivity index (χ4n) is 2.39. The number of nitrogens with two attached hydrogens (primary N) is 1. The van der Waals surface area contributed by atoms with Gasteiger partial charge in [-0.05, 0) is 34.7 Å². The van der Waals surface area contributed by atoms with Crippen LogP contribution in [0.25, 0.3) is 10.8 Å². The van der Waals surface area contributed by atoms with Crippen molar-refractivity contribution < 1.29 is 4.79 Å². The minimum Gasteiger partial charge on any atom is -0.348 e. The Morgan fingerprint density at radius 2 is 1.86 bits per heavy atom. The van der Waals surface area contributed by atoms with Crippen LogP contribution in [0.1, 0.15) is 38.3 Å². The molecule has 0 bridgehead atoms. The third-order valence-corrected chi connectivity index (χ3v) is 3.70. The van der Waals surface area contributed by atoms with Gasteiger partial charge in [-0.1, -0.05) is 50.2 Å². The van der Waals surface area contributed by atoms with Crippen molar-refractivity contribution in [3.05, 3.63) is 48.0 Å². The molecule has 21 heavy (non-hydrogen) atoms. The van der Waals surface area contributed by atoms with E-state index in [1.807, 2.05) is 18.2 Å². The van der Waals surface area contributed by atoms with E-state index < -0.39 is 0 Å². The van der Waals surface area contributed by atoms with Crippen molar-refractivity contribution in [1.29, 1.82) is 0 Å². The number of amides is 1. The van der Waals surface area contributed by atoms with Crippen LogP contribution in [0, 0.1) is 5.92 Å². The third kappa shape index (κ3) is 4.30. The SMILES string of the molecule is CC(C)CCC(=O)NC(CN)c1ccc2ccccc2c1. The summed E-state index contributed by atoms with van der Waals surface area (Å²) < 4.78 is 0. The Morgan fingerprint density at radius 3 is 2.52 bits per heavy atom. The fraction of sp³-hybridized carbons (Fsp3) is 0.389. The van der Waals surface area contributed by atoms with Crippen LogP contribution in [0.4, 0.5) is 0 Å². The molecule has 0 saturated carbocycles. The maximum atomic E-state index is 12.0. The Hall–Kier alpha value is -1.87. The lowest BCUT2D eigenvalue weighted by molar-refractivity contribution is -0.122. The van der Waals surface area contributed by atoms with Crippen molar-refractivity contribution in [1.82, 2.24) is 5.32 Å². The van der Waals surface area contributed by atoms with Gasteiger partial charge >= 0.3 is 0 Å². The van der Waals surface area contributed by atoms with Crippen LogP contribution in [0.15, 0.2) is 42.5 Å². The molecule has 0 aliphatic rings. The van der Waals surface area contributed by atoms with Crippen molar-refractivity contribution in [2.24, 2.45) is 11.7 Å². The lowest BCUT2D eigenvalue weighted by Crippen LogP contribution is -2.33. The summed E-state index contributed by atoms with van der Waals surface area (Å²) in [4.78, 5) is 12.0. The molecule has 1 amide bonds. The molecule has 3 heteroatoms. The summed E-state index contributed by atoms with van der Waals surface area (Å²) in [7, 11) is 0. The fourth-order valence-corrected chi connectivity index (χ4v) is 2.39. The van der Waals surface area contributed by atoms with Gasteiger partial charge in [0.15, 0.2) is 0 Å². The molecule has 0 saturated heterocycles. The summed E-state index contributed by atoms with van der Waals surface area (Å²) >= 11 is 0. The van der Waals surface area contributed by atoms with Crippen molar-refractivity contribution in [2.75, 3.05) is 6.54 Å². The predicted octanol–water partition coefficient (Wildman–Crippen LogP) is 3.39. The Kier molecular flexibility index (Phi) is 5.34. The molecule has 2 aromatic carbocycles. The summed E-state index contributed by atoms with van der Waals surface area (Å²) in [6, 6.07) is 14.3. The van der Waals surface area contributed by atoms with Gasteiger partial charge in [-0.25, -0.2) is 0 Å². The topological polar surface area (TPSA) is 55.1 Å². The van der Waals surface area contributed by atoms with Crippen LogP contribution < -0.4 is 11.1 Å². The van der Waals surface area contributed by atoms with Gasteiger partial charge in [-0.2, -0.15) is 0 Å². The molecule has 0 radical (unpaired) electrons. The first-order valence-corrected chi connectivity index (χ1v) is 7.58. The van der Waals surface area contributed by atoms with Crippen LogP contribution in [-0.4, -0.2) is 12.5 Å². The number of benzene rings is 2. The van der Waals surface area contributed by atoms with E-state index in [9.17, 15) is 4.79 Å². The van der Waals surface area contributed by atoms with E-state index >= 15 is 0 Å². The Morgan fingerprint density at radius 1 is 1.14 bits per heavy atom. The zero-order chi connectivity index (χ0) is 15.2. The summed E-state index contributed by atoms with van der Waals surface area (Å²) in [5.74, 6) is 0.611. The van der Waals surface area contributed by atoms with E-state index in [-0.39, 0.29) is 11.9 Å². The number of rotatable bonds is 6. The predicted molar refractivity (Wildman–Crippen MR) is 88.0 cm³/mol. The zero-order valence-corrected chi connectivity index (χ0v) is 12.8. The van der Waals surface area contributed by atoms with E-state index in [1.54, 1.807) is 0 Å².